The molecular weight excluding hydrogens is 266 g/mol. The van der Waals surface area contributed by atoms with Crippen LogP contribution in [0.1, 0.15) is 30.8 Å². The van der Waals surface area contributed by atoms with E-state index in [0.717, 1.165) is 17.5 Å². The van der Waals surface area contributed by atoms with Crippen LogP contribution in [0.3, 0.4) is 0 Å². The first-order valence-electron chi connectivity index (χ1n) is 6.13. The number of halogens is 2. The van der Waals surface area contributed by atoms with Crippen molar-refractivity contribution in [3.8, 4) is 0 Å². The third kappa shape index (κ3) is 3.36. The quantitative estimate of drug-likeness (QED) is 0.901. The van der Waals surface area contributed by atoms with Crippen LogP contribution in [-0.2, 0) is 12.1 Å². The van der Waals surface area contributed by atoms with E-state index in [2.05, 4.69) is 17.2 Å². The van der Waals surface area contributed by atoms with Crippen LogP contribution in [0.2, 0.25) is 0 Å². The van der Waals surface area contributed by atoms with Crippen LogP contribution in [-0.4, -0.2) is 4.98 Å². The molecule has 0 fully saturated rings. The molecular formula is C14H16F2N2S. The smallest absolute Gasteiger partial charge is 0.126 e. The van der Waals surface area contributed by atoms with Crippen molar-refractivity contribution in [1.82, 2.24) is 10.3 Å². The first-order valence-corrected chi connectivity index (χ1v) is 7.01. The maximum Gasteiger partial charge on any atom is 0.126 e. The van der Waals surface area contributed by atoms with E-state index in [1.54, 1.807) is 17.5 Å². The highest BCUT2D eigenvalue weighted by atomic mass is 32.1. The van der Waals surface area contributed by atoms with E-state index < -0.39 is 11.6 Å². The summed E-state index contributed by atoms with van der Waals surface area (Å²) in [5, 5.41) is 6.24. The third-order valence-corrected chi connectivity index (χ3v) is 4.25. The summed E-state index contributed by atoms with van der Waals surface area (Å²) in [4.78, 5) is 4.31. The minimum Gasteiger partial charge on any atom is -0.302 e. The van der Waals surface area contributed by atoms with Crippen molar-refractivity contribution in [2.45, 2.75) is 32.4 Å². The van der Waals surface area contributed by atoms with Gasteiger partial charge in [0, 0.05) is 24.2 Å². The second-order valence-electron chi connectivity index (χ2n) is 4.65. The summed E-state index contributed by atoms with van der Waals surface area (Å²) in [6, 6.07) is 3.56. The SMILES string of the molecule is CCC(C)(NCc1cc(F)cc(F)c1)c1nccs1. The number of hydrogen-bond donors (Lipinski definition) is 1. The number of nitrogens with zero attached hydrogens (tertiary/aromatic N) is 1. The largest absolute Gasteiger partial charge is 0.302 e. The van der Waals surface area contributed by atoms with Gasteiger partial charge in [-0.05, 0) is 31.0 Å². The Bertz CT molecular complexity index is 522. The fraction of sp³-hybridized carbons (Fsp3) is 0.357. The highest BCUT2D eigenvalue weighted by Crippen LogP contribution is 2.26. The zero-order valence-corrected chi connectivity index (χ0v) is 11.7. The van der Waals surface area contributed by atoms with Gasteiger partial charge in [-0.2, -0.15) is 0 Å². The predicted molar refractivity (Wildman–Crippen MR) is 73.0 cm³/mol. The molecule has 1 N–H and O–H groups in total. The summed E-state index contributed by atoms with van der Waals surface area (Å²) in [7, 11) is 0. The molecule has 2 rings (SSSR count). The van der Waals surface area contributed by atoms with Gasteiger partial charge in [-0.25, -0.2) is 13.8 Å². The van der Waals surface area contributed by atoms with Crippen LogP contribution in [0.25, 0.3) is 0 Å². The van der Waals surface area contributed by atoms with Crippen LogP contribution in [0, 0.1) is 11.6 Å². The minimum absolute atomic E-state index is 0.281. The highest BCUT2D eigenvalue weighted by Gasteiger charge is 2.26. The van der Waals surface area contributed by atoms with Gasteiger partial charge in [0.05, 0.1) is 5.54 Å². The van der Waals surface area contributed by atoms with Crippen molar-refractivity contribution in [3.63, 3.8) is 0 Å². The number of benzene rings is 1. The van der Waals surface area contributed by atoms with Gasteiger partial charge in [-0.15, -0.1) is 11.3 Å². The van der Waals surface area contributed by atoms with Gasteiger partial charge in [0.2, 0.25) is 0 Å². The number of hydrogen-bond acceptors (Lipinski definition) is 3. The summed E-state index contributed by atoms with van der Waals surface area (Å²) in [6.07, 6.45) is 2.61. The molecule has 102 valence electrons. The zero-order valence-electron chi connectivity index (χ0n) is 10.9. The molecule has 1 atom stereocenters. The zero-order chi connectivity index (χ0) is 13.9. The predicted octanol–water partition coefficient (Wildman–Crippen LogP) is 3.84. The van der Waals surface area contributed by atoms with E-state index in [4.69, 9.17) is 0 Å². The van der Waals surface area contributed by atoms with Crippen LogP contribution in [0.5, 0.6) is 0 Å². The lowest BCUT2D eigenvalue weighted by molar-refractivity contribution is 0.349. The van der Waals surface area contributed by atoms with Crippen molar-refractivity contribution < 1.29 is 8.78 Å². The van der Waals surface area contributed by atoms with Crippen LogP contribution >= 0.6 is 11.3 Å². The van der Waals surface area contributed by atoms with Gasteiger partial charge < -0.3 is 5.32 Å². The summed E-state index contributed by atoms with van der Waals surface area (Å²) in [6.45, 7) is 4.50. The molecule has 2 aromatic rings. The molecule has 0 amide bonds. The molecule has 1 aromatic heterocycles. The summed E-state index contributed by atoms with van der Waals surface area (Å²) in [5.74, 6) is -1.10. The minimum atomic E-state index is -0.552. The molecule has 0 radical (unpaired) electrons. The van der Waals surface area contributed by atoms with Crippen molar-refractivity contribution in [1.29, 1.82) is 0 Å². The van der Waals surface area contributed by atoms with Gasteiger partial charge in [0.15, 0.2) is 0 Å². The molecule has 19 heavy (non-hydrogen) atoms. The van der Waals surface area contributed by atoms with Crippen molar-refractivity contribution >= 4 is 11.3 Å². The van der Waals surface area contributed by atoms with Gasteiger partial charge in [-0.1, -0.05) is 6.92 Å². The van der Waals surface area contributed by atoms with E-state index in [1.807, 2.05) is 12.3 Å². The van der Waals surface area contributed by atoms with Crippen molar-refractivity contribution in [2.75, 3.05) is 0 Å². The lowest BCUT2D eigenvalue weighted by atomic mass is 9.99. The molecule has 5 heteroatoms. The molecule has 1 unspecified atom stereocenters. The van der Waals surface area contributed by atoms with E-state index in [1.165, 1.54) is 12.1 Å². The Labute approximate surface area is 115 Å². The lowest BCUT2D eigenvalue weighted by Crippen LogP contribution is -2.38. The molecule has 0 spiro atoms. The van der Waals surface area contributed by atoms with Crippen LogP contribution < -0.4 is 5.32 Å². The lowest BCUT2D eigenvalue weighted by Gasteiger charge is -2.27. The van der Waals surface area contributed by atoms with Gasteiger partial charge in [0.1, 0.15) is 16.6 Å². The van der Waals surface area contributed by atoms with E-state index in [0.29, 0.717) is 12.1 Å². The van der Waals surface area contributed by atoms with Gasteiger partial charge in [-0.3, -0.25) is 0 Å². The van der Waals surface area contributed by atoms with Crippen LogP contribution in [0.15, 0.2) is 29.8 Å². The fourth-order valence-electron chi connectivity index (χ4n) is 1.86. The molecule has 1 heterocycles. The molecule has 0 saturated heterocycles. The van der Waals surface area contributed by atoms with Crippen LogP contribution in [0.4, 0.5) is 8.78 Å². The maximum absolute atomic E-state index is 13.1. The second kappa shape index (κ2) is 5.75. The van der Waals surface area contributed by atoms with Gasteiger partial charge in [0.25, 0.3) is 0 Å². The molecule has 0 saturated carbocycles. The standard InChI is InChI=1S/C14H16F2N2S/c1-3-14(2,13-17-4-5-19-13)18-9-10-6-11(15)8-12(16)7-10/h4-8,18H,3,9H2,1-2H3. The van der Waals surface area contributed by atoms with Crippen molar-refractivity contribution in [3.05, 3.63) is 52.0 Å². The molecule has 1 aromatic carbocycles. The number of nitrogens with one attached hydrogen (secondary N) is 1. The summed E-state index contributed by atoms with van der Waals surface area (Å²) < 4.78 is 26.3. The summed E-state index contributed by atoms with van der Waals surface area (Å²) in [5.41, 5.74) is 0.311. The van der Waals surface area contributed by atoms with E-state index in [9.17, 15) is 8.78 Å². The van der Waals surface area contributed by atoms with E-state index >= 15 is 0 Å². The average molecular weight is 282 g/mol. The van der Waals surface area contributed by atoms with Gasteiger partial charge >= 0.3 is 0 Å². The average Bonchev–Trinajstić information content (AvgIpc) is 2.89. The third-order valence-electron chi connectivity index (χ3n) is 3.22. The Balaban J connectivity index is 2.12. The Morgan fingerprint density at radius 1 is 1.26 bits per heavy atom. The van der Waals surface area contributed by atoms with E-state index in [-0.39, 0.29) is 5.54 Å². The normalized spacial score (nSPS) is 14.3. The first-order chi connectivity index (χ1) is 9.03. The highest BCUT2D eigenvalue weighted by molar-refractivity contribution is 7.09. The molecule has 0 aliphatic heterocycles. The maximum atomic E-state index is 13.1. The topological polar surface area (TPSA) is 24.9 Å². The molecule has 0 aliphatic carbocycles. The molecule has 0 aliphatic rings. The van der Waals surface area contributed by atoms with Crippen molar-refractivity contribution in [2.24, 2.45) is 0 Å². The Kier molecular flexibility index (Phi) is 4.27. The number of thiazole rings is 1. The Morgan fingerprint density at radius 2 is 1.95 bits per heavy atom. The molecule has 2 nitrogen and oxygen atoms in total. The Morgan fingerprint density at radius 3 is 2.47 bits per heavy atom. The summed E-state index contributed by atoms with van der Waals surface area (Å²) >= 11 is 1.57. The number of aromatic nitrogens is 1. The molecule has 0 bridgehead atoms. The first kappa shape index (κ1) is 14.1. The Hall–Kier alpha value is -1.33. The monoisotopic (exact) mass is 282 g/mol. The second-order valence-corrected chi connectivity index (χ2v) is 5.55. The fourth-order valence-corrected chi connectivity index (χ4v) is 2.71. The number of rotatable bonds is 5.